The number of rotatable bonds is 7. The number of hydrogen-bond acceptors (Lipinski definition) is 5. The van der Waals surface area contributed by atoms with Crippen LogP contribution in [0.3, 0.4) is 0 Å². The van der Waals surface area contributed by atoms with E-state index < -0.39 is 27.9 Å². The van der Waals surface area contributed by atoms with Crippen molar-refractivity contribution in [3.63, 3.8) is 0 Å². The van der Waals surface area contributed by atoms with Crippen molar-refractivity contribution in [2.24, 2.45) is 0 Å². The Labute approximate surface area is 215 Å². The number of anilines is 1. The Balaban J connectivity index is 1.72. The van der Waals surface area contributed by atoms with Crippen molar-refractivity contribution in [2.45, 2.75) is 30.8 Å². The van der Waals surface area contributed by atoms with Crippen LogP contribution in [0.2, 0.25) is 5.02 Å². The minimum absolute atomic E-state index is 0.00661. The first-order chi connectivity index (χ1) is 17.2. The molecule has 36 heavy (non-hydrogen) atoms. The van der Waals surface area contributed by atoms with Gasteiger partial charge in [0.15, 0.2) is 0 Å². The molecular formula is C27H25ClFNO5S. The van der Waals surface area contributed by atoms with Gasteiger partial charge in [-0.3, -0.25) is 9.10 Å². The van der Waals surface area contributed by atoms with Crippen molar-refractivity contribution < 1.29 is 27.1 Å². The molecule has 1 aliphatic rings. The molecule has 3 aromatic rings. The van der Waals surface area contributed by atoms with E-state index >= 15 is 0 Å². The minimum Gasteiger partial charge on any atom is -0.486 e. The summed E-state index contributed by atoms with van der Waals surface area (Å²) >= 11 is 6.05. The molecule has 0 saturated carbocycles. The lowest BCUT2D eigenvalue weighted by Crippen LogP contribution is -2.43. The van der Waals surface area contributed by atoms with Gasteiger partial charge in [0.2, 0.25) is 0 Å². The fourth-order valence-corrected chi connectivity index (χ4v) is 5.72. The number of benzene rings is 3. The summed E-state index contributed by atoms with van der Waals surface area (Å²) in [6, 6.07) is 16.4. The van der Waals surface area contributed by atoms with Gasteiger partial charge in [0.25, 0.3) is 10.0 Å². The Bertz CT molecular complexity index is 1420. The van der Waals surface area contributed by atoms with Crippen LogP contribution in [0, 0.1) is 12.7 Å². The molecule has 0 radical (unpaired) electrons. The molecule has 0 bridgehead atoms. The van der Waals surface area contributed by atoms with E-state index in [1.807, 2.05) is 13.0 Å². The van der Waals surface area contributed by atoms with E-state index in [0.717, 1.165) is 5.56 Å². The third kappa shape index (κ3) is 5.55. The molecule has 0 saturated heterocycles. The van der Waals surface area contributed by atoms with Gasteiger partial charge in [-0.1, -0.05) is 54.1 Å². The lowest BCUT2D eigenvalue weighted by molar-refractivity contribution is -0.141. The highest BCUT2D eigenvalue weighted by molar-refractivity contribution is 7.92. The topological polar surface area (TPSA) is 72.9 Å². The molecular weight excluding hydrogens is 505 g/mol. The summed E-state index contributed by atoms with van der Waals surface area (Å²) in [5, 5.41) is 0.00661. The molecule has 0 amide bonds. The maximum Gasteiger partial charge on any atom is 0.305 e. The number of fused-ring (bicyclic) bond motifs is 1. The largest absolute Gasteiger partial charge is 0.486 e. The lowest BCUT2D eigenvalue weighted by atomic mass is 10.1. The van der Waals surface area contributed by atoms with Crippen LogP contribution >= 0.6 is 11.6 Å². The van der Waals surface area contributed by atoms with Crippen molar-refractivity contribution in [2.75, 3.05) is 18.0 Å². The van der Waals surface area contributed by atoms with Gasteiger partial charge >= 0.3 is 5.97 Å². The van der Waals surface area contributed by atoms with Gasteiger partial charge in [0.05, 0.1) is 29.3 Å². The Kier molecular flexibility index (Phi) is 7.66. The summed E-state index contributed by atoms with van der Waals surface area (Å²) in [6.45, 7) is 1.86. The molecule has 1 atom stereocenters. The Morgan fingerprint density at radius 3 is 2.69 bits per heavy atom. The molecule has 0 spiro atoms. The number of nitrogens with zero attached hydrogens (tertiary/aromatic N) is 1. The van der Waals surface area contributed by atoms with Crippen LogP contribution in [0.15, 0.2) is 65.6 Å². The Morgan fingerprint density at radius 2 is 1.94 bits per heavy atom. The fourth-order valence-electron chi connectivity index (χ4n) is 3.93. The van der Waals surface area contributed by atoms with E-state index in [1.165, 1.54) is 17.5 Å². The van der Waals surface area contributed by atoms with Crippen LogP contribution in [0.4, 0.5) is 10.1 Å². The van der Waals surface area contributed by atoms with Crippen molar-refractivity contribution in [1.82, 2.24) is 0 Å². The molecule has 0 N–H and O–H groups in total. The van der Waals surface area contributed by atoms with Gasteiger partial charge in [0, 0.05) is 6.42 Å². The highest BCUT2D eigenvalue weighted by atomic mass is 35.5. The summed E-state index contributed by atoms with van der Waals surface area (Å²) in [7, 11) is -2.62. The zero-order chi connectivity index (χ0) is 25.9. The molecule has 4 rings (SSSR count). The van der Waals surface area contributed by atoms with Crippen LogP contribution in [0.25, 0.3) is 12.2 Å². The van der Waals surface area contributed by atoms with Crippen molar-refractivity contribution in [3.8, 4) is 5.75 Å². The number of halogens is 2. The smallest absolute Gasteiger partial charge is 0.305 e. The Hall–Kier alpha value is -3.36. The van der Waals surface area contributed by atoms with Gasteiger partial charge in [-0.25, -0.2) is 12.8 Å². The predicted molar refractivity (Wildman–Crippen MR) is 138 cm³/mol. The van der Waals surface area contributed by atoms with E-state index in [0.29, 0.717) is 29.0 Å². The van der Waals surface area contributed by atoms with Crippen LogP contribution in [-0.4, -0.2) is 34.1 Å². The first-order valence-electron chi connectivity index (χ1n) is 11.3. The average molecular weight is 530 g/mol. The number of methoxy groups -OCH3 is 1. The molecule has 6 nitrogen and oxygen atoms in total. The number of sulfonamides is 1. The van der Waals surface area contributed by atoms with Crippen LogP contribution in [0.5, 0.6) is 5.75 Å². The second-order valence-corrected chi connectivity index (χ2v) is 10.7. The summed E-state index contributed by atoms with van der Waals surface area (Å²) in [5.41, 5.74) is 2.36. The zero-order valence-electron chi connectivity index (χ0n) is 19.8. The van der Waals surface area contributed by atoms with E-state index in [9.17, 15) is 17.6 Å². The van der Waals surface area contributed by atoms with Gasteiger partial charge in [-0.15, -0.1) is 0 Å². The molecule has 3 aromatic carbocycles. The molecule has 0 unspecified atom stereocenters. The maximum absolute atomic E-state index is 13.8. The molecule has 188 valence electrons. The van der Waals surface area contributed by atoms with E-state index in [1.54, 1.807) is 60.7 Å². The normalized spacial score (nSPS) is 15.4. The second kappa shape index (κ2) is 10.7. The van der Waals surface area contributed by atoms with Gasteiger partial charge < -0.3 is 9.47 Å². The first-order valence-corrected chi connectivity index (χ1v) is 13.1. The van der Waals surface area contributed by atoms with Gasteiger partial charge in [-0.2, -0.15) is 0 Å². The number of hydrogen-bond donors (Lipinski definition) is 0. The predicted octanol–water partition coefficient (Wildman–Crippen LogP) is 5.87. The highest BCUT2D eigenvalue weighted by Gasteiger charge is 2.35. The number of carbonyl (C=O) groups excluding carboxylic acids is 1. The van der Waals surface area contributed by atoms with Gasteiger partial charge in [0.1, 0.15) is 17.7 Å². The number of aryl methyl sites for hydroxylation is 1. The lowest BCUT2D eigenvalue weighted by Gasteiger charge is -2.35. The molecule has 1 heterocycles. The summed E-state index contributed by atoms with van der Waals surface area (Å²) < 4.78 is 53.3. The maximum atomic E-state index is 13.8. The summed E-state index contributed by atoms with van der Waals surface area (Å²) in [4.78, 5) is 11.8. The standard InChI is InChI=1S/C27H25ClFNO5S/c1-18-5-3-7-22(15-18)36(32,33)30-17-21(12-14-26(31)34-2)35-25-13-10-19(16-24(25)30)9-11-20-6-4-8-23(29)27(20)28/h3-11,13,15-16,21H,12,14,17H2,1-2H3/b11-9+/t21-/m0/s1. The summed E-state index contributed by atoms with van der Waals surface area (Å²) in [6.07, 6.45) is 3.25. The SMILES string of the molecule is COC(=O)CC[C@H]1CN(S(=O)(=O)c2cccc(C)c2)c2cc(/C=C/c3cccc(F)c3Cl)ccc2O1. The fraction of sp³-hybridized carbons (Fsp3) is 0.222. The summed E-state index contributed by atoms with van der Waals surface area (Å²) in [5.74, 6) is -0.534. The molecule has 0 aliphatic carbocycles. The first kappa shape index (κ1) is 25.7. The van der Waals surface area contributed by atoms with Crippen LogP contribution < -0.4 is 9.04 Å². The molecule has 1 aliphatic heterocycles. The molecule has 9 heteroatoms. The quantitative estimate of drug-likeness (QED) is 0.283. The third-order valence-electron chi connectivity index (χ3n) is 5.83. The average Bonchev–Trinajstić information content (AvgIpc) is 2.87. The third-order valence-corrected chi connectivity index (χ3v) is 8.00. The number of esters is 1. The van der Waals surface area contributed by atoms with Crippen molar-refractivity contribution in [1.29, 1.82) is 0 Å². The molecule has 0 aromatic heterocycles. The number of carbonyl (C=O) groups is 1. The van der Waals surface area contributed by atoms with Crippen molar-refractivity contribution >= 4 is 45.4 Å². The Morgan fingerprint density at radius 1 is 1.17 bits per heavy atom. The zero-order valence-corrected chi connectivity index (χ0v) is 21.4. The highest BCUT2D eigenvalue weighted by Crippen LogP contribution is 2.39. The van der Waals surface area contributed by atoms with Crippen LogP contribution in [-0.2, 0) is 19.6 Å². The van der Waals surface area contributed by atoms with E-state index in [4.69, 9.17) is 21.1 Å². The van der Waals surface area contributed by atoms with E-state index in [-0.39, 0.29) is 22.9 Å². The van der Waals surface area contributed by atoms with E-state index in [2.05, 4.69) is 0 Å². The minimum atomic E-state index is -3.93. The monoisotopic (exact) mass is 529 g/mol. The molecule has 0 fully saturated rings. The number of ether oxygens (including phenoxy) is 2. The van der Waals surface area contributed by atoms with Gasteiger partial charge in [-0.05, 0) is 60.4 Å². The van der Waals surface area contributed by atoms with Crippen LogP contribution in [0.1, 0.15) is 29.5 Å². The van der Waals surface area contributed by atoms with Crippen molar-refractivity contribution in [3.05, 3.63) is 88.2 Å². The second-order valence-electron chi connectivity index (χ2n) is 8.41.